The minimum atomic E-state index is -0.446. The average Bonchev–Trinajstić information content (AvgIpc) is 3.52. The van der Waals surface area contributed by atoms with Gasteiger partial charge in [0.2, 0.25) is 0 Å². The van der Waals surface area contributed by atoms with Gasteiger partial charge in [0, 0.05) is 6.20 Å². The summed E-state index contributed by atoms with van der Waals surface area (Å²) in [7, 11) is 0. The molecule has 2 aromatic heterocycles. The Labute approximate surface area is 256 Å². The van der Waals surface area contributed by atoms with E-state index in [2.05, 4.69) is 52.1 Å². The molecule has 5 aromatic rings. The van der Waals surface area contributed by atoms with Crippen molar-refractivity contribution in [2.75, 3.05) is 12.4 Å². The Morgan fingerprint density at radius 1 is 0.767 bits per heavy atom. The second kappa shape index (κ2) is 13.4. The lowest BCUT2D eigenvalue weighted by Crippen LogP contribution is -2.38. The molecule has 8 heteroatoms. The van der Waals surface area contributed by atoms with E-state index in [-0.39, 0.29) is 12.2 Å². The van der Waals surface area contributed by atoms with Gasteiger partial charge in [-0.15, -0.1) is 11.8 Å². The van der Waals surface area contributed by atoms with Gasteiger partial charge in [-0.05, 0) is 40.8 Å². The van der Waals surface area contributed by atoms with E-state index in [0.717, 1.165) is 51.3 Å². The van der Waals surface area contributed by atoms with Crippen LogP contribution in [-0.4, -0.2) is 45.2 Å². The maximum Gasteiger partial charge on any atom is 0.164 e. The summed E-state index contributed by atoms with van der Waals surface area (Å²) in [5.74, 6) is 1.06. The van der Waals surface area contributed by atoms with Crippen LogP contribution in [0.15, 0.2) is 109 Å². The predicted molar refractivity (Wildman–Crippen MR) is 167 cm³/mol. The number of aryl methyl sites for hydroxylation is 1. The fraction of sp³-hybridized carbons (Fsp3) is 0.314. The van der Waals surface area contributed by atoms with Gasteiger partial charge in [-0.25, -0.2) is 9.97 Å². The summed E-state index contributed by atoms with van der Waals surface area (Å²) in [5, 5.41) is 2.16. The highest BCUT2D eigenvalue weighted by molar-refractivity contribution is 7.99. The fourth-order valence-corrected chi connectivity index (χ4v) is 6.87. The van der Waals surface area contributed by atoms with Crippen LogP contribution in [0.1, 0.15) is 34.9 Å². The second-order valence-corrected chi connectivity index (χ2v) is 12.1. The summed E-state index contributed by atoms with van der Waals surface area (Å²) in [6.07, 6.45) is 4.38. The van der Waals surface area contributed by atoms with E-state index in [9.17, 15) is 0 Å². The van der Waals surface area contributed by atoms with Crippen molar-refractivity contribution in [2.45, 2.75) is 62.2 Å². The summed E-state index contributed by atoms with van der Waals surface area (Å²) in [5.41, 5.74) is 5.45. The van der Waals surface area contributed by atoms with Gasteiger partial charge in [-0.1, -0.05) is 91.0 Å². The molecule has 1 saturated heterocycles. The van der Waals surface area contributed by atoms with Crippen molar-refractivity contribution in [3.05, 3.63) is 126 Å². The topological polar surface area (TPSA) is 67.6 Å². The Morgan fingerprint density at radius 2 is 1.40 bits per heavy atom. The van der Waals surface area contributed by atoms with E-state index in [1.165, 1.54) is 5.56 Å². The standard InChI is InChI=1S/C35H35N3O4S/c1-4-11-25(12-5-1)20-39-23-29-31(40-21-26-13-6-2-7-14-26)32(41-22-27-15-8-3-9-16-27)35(42-29)38-19-28-17-10-18-43-34-30(28)33(38)36-24-37-34/h1-9,11-16,19,24,29,31-32,35H,10,17-18,20-23H2/t29-,31-,32+,35?/m1/s1. The third kappa shape index (κ3) is 6.39. The summed E-state index contributed by atoms with van der Waals surface area (Å²) >= 11 is 1.80. The molecule has 3 aromatic carbocycles. The quantitative estimate of drug-likeness (QED) is 0.157. The smallest absolute Gasteiger partial charge is 0.164 e. The molecule has 43 heavy (non-hydrogen) atoms. The van der Waals surface area contributed by atoms with Crippen LogP contribution in [0.5, 0.6) is 0 Å². The van der Waals surface area contributed by atoms with Crippen LogP contribution < -0.4 is 0 Å². The Hall–Kier alpha value is -3.53. The molecule has 220 valence electrons. The number of thioether (sulfide) groups is 1. The molecule has 2 aliphatic rings. The Bertz CT molecular complexity index is 1620. The first-order valence-electron chi connectivity index (χ1n) is 14.9. The van der Waals surface area contributed by atoms with Crippen LogP contribution >= 0.6 is 11.8 Å². The van der Waals surface area contributed by atoms with E-state index in [1.807, 2.05) is 54.6 Å². The highest BCUT2D eigenvalue weighted by Crippen LogP contribution is 2.40. The maximum atomic E-state index is 6.87. The van der Waals surface area contributed by atoms with Crippen molar-refractivity contribution in [1.82, 2.24) is 14.5 Å². The van der Waals surface area contributed by atoms with Crippen molar-refractivity contribution < 1.29 is 18.9 Å². The zero-order valence-corrected chi connectivity index (χ0v) is 24.8. The van der Waals surface area contributed by atoms with Crippen LogP contribution in [0.25, 0.3) is 11.0 Å². The lowest BCUT2D eigenvalue weighted by atomic mass is 10.1. The molecular weight excluding hydrogens is 558 g/mol. The molecule has 0 aliphatic carbocycles. The molecular formula is C35H35N3O4S. The minimum Gasteiger partial charge on any atom is -0.374 e. The predicted octanol–water partition coefficient (Wildman–Crippen LogP) is 6.75. The molecule has 2 aliphatic heterocycles. The first kappa shape index (κ1) is 28.3. The number of aromatic nitrogens is 3. The second-order valence-electron chi connectivity index (χ2n) is 11.0. The van der Waals surface area contributed by atoms with E-state index in [1.54, 1.807) is 18.1 Å². The molecule has 4 atom stereocenters. The molecule has 0 saturated carbocycles. The molecule has 1 fully saturated rings. The van der Waals surface area contributed by atoms with Crippen molar-refractivity contribution in [3.63, 3.8) is 0 Å². The zero-order chi connectivity index (χ0) is 28.8. The van der Waals surface area contributed by atoms with Crippen LogP contribution in [0.3, 0.4) is 0 Å². The number of benzene rings is 3. The minimum absolute atomic E-state index is 0.345. The van der Waals surface area contributed by atoms with Gasteiger partial charge in [-0.2, -0.15) is 0 Å². The molecule has 4 heterocycles. The number of hydrogen-bond donors (Lipinski definition) is 0. The van der Waals surface area contributed by atoms with Crippen LogP contribution in [0.4, 0.5) is 0 Å². The zero-order valence-electron chi connectivity index (χ0n) is 24.0. The monoisotopic (exact) mass is 593 g/mol. The van der Waals surface area contributed by atoms with Gasteiger partial charge in [0.15, 0.2) is 6.23 Å². The summed E-state index contributed by atoms with van der Waals surface area (Å²) in [4.78, 5) is 9.38. The van der Waals surface area contributed by atoms with Crippen molar-refractivity contribution in [1.29, 1.82) is 0 Å². The third-order valence-electron chi connectivity index (χ3n) is 8.01. The van der Waals surface area contributed by atoms with Crippen molar-refractivity contribution >= 4 is 22.8 Å². The molecule has 0 N–H and O–H groups in total. The lowest BCUT2D eigenvalue weighted by Gasteiger charge is -2.26. The molecule has 7 rings (SSSR count). The van der Waals surface area contributed by atoms with Crippen LogP contribution in [-0.2, 0) is 45.2 Å². The van der Waals surface area contributed by atoms with Crippen molar-refractivity contribution in [2.24, 2.45) is 0 Å². The van der Waals surface area contributed by atoms with E-state index >= 15 is 0 Å². The first-order valence-corrected chi connectivity index (χ1v) is 15.9. The number of nitrogens with zero attached hydrogens (tertiary/aromatic N) is 3. The lowest BCUT2D eigenvalue weighted by molar-refractivity contribution is -0.0913. The molecule has 0 bridgehead atoms. The highest BCUT2D eigenvalue weighted by atomic mass is 32.2. The third-order valence-corrected chi connectivity index (χ3v) is 9.08. The number of hydrogen-bond acceptors (Lipinski definition) is 7. The van der Waals surface area contributed by atoms with Gasteiger partial charge in [0.1, 0.15) is 35.3 Å². The Balaban J connectivity index is 1.22. The fourth-order valence-electron chi connectivity index (χ4n) is 5.90. The number of rotatable bonds is 11. The average molecular weight is 594 g/mol. The molecule has 7 nitrogen and oxygen atoms in total. The summed E-state index contributed by atoms with van der Waals surface area (Å²) in [6, 6.07) is 30.7. The van der Waals surface area contributed by atoms with Crippen molar-refractivity contribution in [3.8, 4) is 0 Å². The van der Waals surface area contributed by atoms with Gasteiger partial charge < -0.3 is 23.5 Å². The van der Waals surface area contributed by atoms with Gasteiger partial charge >= 0.3 is 0 Å². The highest BCUT2D eigenvalue weighted by Gasteiger charge is 2.48. The SMILES string of the molecule is c1ccc(COC[C@H]2OC(n3cc4c5c(ncnc53)SCCC4)[C@@H](OCc3ccccc3)[C@@H]2OCc2ccccc2)cc1. The number of ether oxygens (including phenoxy) is 4. The van der Waals surface area contributed by atoms with Crippen LogP contribution in [0.2, 0.25) is 0 Å². The van der Waals surface area contributed by atoms with Gasteiger partial charge in [0.05, 0.1) is 31.8 Å². The maximum absolute atomic E-state index is 6.87. The van der Waals surface area contributed by atoms with E-state index in [0.29, 0.717) is 26.4 Å². The Morgan fingerprint density at radius 3 is 2.07 bits per heavy atom. The molecule has 0 spiro atoms. The summed E-state index contributed by atoms with van der Waals surface area (Å²) < 4.78 is 28.7. The molecule has 1 unspecified atom stereocenters. The molecule has 0 radical (unpaired) electrons. The van der Waals surface area contributed by atoms with E-state index < -0.39 is 12.3 Å². The van der Waals surface area contributed by atoms with Gasteiger partial charge in [0.25, 0.3) is 0 Å². The molecule has 0 amide bonds. The van der Waals surface area contributed by atoms with Crippen LogP contribution in [0, 0.1) is 0 Å². The summed E-state index contributed by atoms with van der Waals surface area (Å²) in [6.45, 7) is 1.76. The Kier molecular flexibility index (Phi) is 8.81. The van der Waals surface area contributed by atoms with E-state index in [4.69, 9.17) is 23.9 Å². The normalized spacial score (nSPS) is 21.7. The first-order chi connectivity index (χ1) is 21.3. The van der Waals surface area contributed by atoms with Gasteiger partial charge in [-0.3, -0.25) is 0 Å². The largest absolute Gasteiger partial charge is 0.374 e.